The first-order valence-corrected chi connectivity index (χ1v) is 7.41. The molecular weight excluding hydrogens is 262 g/mol. The van der Waals surface area contributed by atoms with Gasteiger partial charge in [-0.25, -0.2) is 4.98 Å². The van der Waals surface area contributed by atoms with E-state index in [1.807, 2.05) is 31.2 Å². The van der Waals surface area contributed by atoms with Gasteiger partial charge in [-0.05, 0) is 17.7 Å². The molecule has 0 saturated carbocycles. The molecule has 1 N–H and O–H groups in total. The van der Waals surface area contributed by atoms with Gasteiger partial charge in [-0.3, -0.25) is 9.31 Å². The van der Waals surface area contributed by atoms with Crippen molar-refractivity contribution < 1.29 is 8.95 Å². The zero-order chi connectivity index (χ0) is 13.7. The molecule has 5 nitrogen and oxygen atoms in total. The Balaban J connectivity index is 2.02. The van der Waals surface area contributed by atoms with Crippen molar-refractivity contribution in [3.63, 3.8) is 0 Å². The number of aromatic amines is 1. The third-order valence-electron chi connectivity index (χ3n) is 2.66. The Hall–Kier alpha value is -1.53. The maximum Gasteiger partial charge on any atom is 0.150 e. The van der Waals surface area contributed by atoms with Gasteiger partial charge in [0.25, 0.3) is 0 Å². The summed E-state index contributed by atoms with van der Waals surface area (Å²) >= 11 is 0. The molecule has 1 heterocycles. The van der Waals surface area contributed by atoms with Gasteiger partial charge in [-0.1, -0.05) is 19.1 Å². The molecule has 2 aromatic rings. The molecule has 0 bridgehead atoms. The predicted molar refractivity (Wildman–Crippen MR) is 73.0 cm³/mol. The number of methoxy groups -OCH3 is 1. The highest BCUT2D eigenvalue weighted by Crippen LogP contribution is 2.12. The smallest absolute Gasteiger partial charge is 0.150 e. The van der Waals surface area contributed by atoms with Crippen molar-refractivity contribution in [1.29, 1.82) is 0 Å². The van der Waals surface area contributed by atoms with E-state index in [4.69, 9.17) is 4.74 Å². The van der Waals surface area contributed by atoms with Crippen LogP contribution in [0.1, 0.15) is 24.1 Å². The fourth-order valence-corrected chi connectivity index (χ4v) is 2.65. The molecule has 102 valence electrons. The average molecular weight is 279 g/mol. The van der Waals surface area contributed by atoms with Crippen LogP contribution in [-0.2, 0) is 34.3 Å². The number of hydrogen-bond donors (Lipinski definition) is 1. The van der Waals surface area contributed by atoms with Crippen LogP contribution in [0.3, 0.4) is 0 Å². The van der Waals surface area contributed by atoms with Crippen LogP contribution in [0.2, 0.25) is 0 Å². The standard InChI is InChI=1S/C13H17N3O2S/c1-3-12-14-13(16-15-12)9-19(17)11-6-4-10(5-7-11)8-18-2/h4-7H,3,8-9H2,1-2H3,(H,14,15,16). The van der Waals surface area contributed by atoms with Gasteiger partial charge in [-0.15, -0.1) is 0 Å². The fraction of sp³-hybridized carbons (Fsp3) is 0.385. The van der Waals surface area contributed by atoms with Gasteiger partial charge in [0.05, 0.1) is 23.2 Å². The molecule has 0 radical (unpaired) electrons. The molecule has 0 saturated heterocycles. The first-order chi connectivity index (χ1) is 9.22. The summed E-state index contributed by atoms with van der Waals surface area (Å²) < 4.78 is 17.2. The molecule has 1 aromatic heterocycles. The monoisotopic (exact) mass is 279 g/mol. The van der Waals surface area contributed by atoms with Crippen molar-refractivity contribution in [2.75, 3.05) is 7.11 Å². The topological polar surface area (TPSA) is 67.9 Å². The lowest BCUT2D eigenvalue weighted by Crippen LogP contribution is -1.99. The minimum Gasteiger partial charge on any atom is -0.380 e. The summed E-state index contributed by atoms with van der Waals surface area (Å²) in [7, 11) is 0.544. The molecule has 0 aliphatic heterocycles. The van der Waals surface area contributed by atoms with E-state index in [0.29, 0.717) is 18.2 Å². The number of aromatic nitrogens is 3. The van der Waals surface area contributed by atoms with Gasteiger partial charge >= 0.3 is 0 Å². The number of nitrogens with one attached hydrogen (secondary N) is 1. The van der Waals surface area contributed by atoms with E-state index < -0.39 is 10.8 Å². The van der Waals surface area contributed by atoms with Crippen LogP contribution in [0, 0.1) is 0 Å². The van der Waals surface area contributed by atoms with Gasteiger partial charge in [0.2, 0.25) is 0 Å². The van der Waals surface area contributed by atoms with Crippen LogP contribution in [0.4, 0.5) is 0 Å². The lowest BCUT2D eigenvalue weighted by molar-refractivity contribution is 0.185. The van der Waals surface area contributed by atoms with Crippen molar-refractivity contribution in [2.24, 2.45) is 0 Å². The molecule has 1 aromatic carbocycles. The second kappa shape index (κ2) is 6.58. The van der Waals surface area contributed by atoms with E-state index >= 15 is 0 Å². The molecule has 1 unspecified atom stereocenters. The van der Waals surface area contributed by atoms with E-state index in [1.54, 1.807) is 7.11 Å². The number of H-pyrrole nitrogens is 1. The van der Waals surface area contributed by atoms with E-state index in [2.05, 4.69) is 15.2 Å². The fourth-order valence-electron chi connectivity index (χ4n) is 1.67. The molecule has 6 heteroatoms. The van der Waals surface area contributed by atoms with Gasteiger partial charge in [0.1, 0.15) is 11.6 Å². The molecule has 0 fully saturated rings. The van der Waals surface area contributed by atoms with Crippen molar-refractivity contribution in [3.8, 4) is 0 Å². The molecule has 19 heavy (non-hydrogen) atoms. The van der Waals surface area contributed by atoms with Crippen molar-refractivity contribution >= 4 is 10.8 Å². The van der Waals surface area contributed by atoms with Gasteiger partial charge in [0, 0.05) is 18.4 Å². The lowest BCUT2D eigenvalue weighted by Gasteiger charge is -2.02. The first-order valence-electron chi connectivity index (χ1n) is 6.09. The molecule has 1 atom stereocenters. The maximum absolute atomic E-state index is 12.2. The molecule has 0 amide bonds. The normalized spacial score (nSPS) is 12.5. The third-order valence-corrected chi connectivity index (χ3v) is 3.99. The van der Waals surface area contributed by atoms with Crippen LogP contribution in [0.5, 0.6) is 0 Å². The van der Waals surface area contributed by atoms with Crippen LogP contribution in [-0.4, -0.2) is 26.5 Å². The summed E-state index contributed by atoms with van der Waals surface area (Å²) in [6.45, 7) is 2.55. The Labute approximate surface area is 114 Å². The highest BCUT2D eigenvalue weighted by molar-refractivity contribution is 7.84. The Morgan fingerprint density at radius 2 is 2.05 bits per heavy atom. The van der Waals surface area contributed by atoms with Crippen LogP contribution in [0.15, 0.2) is 29.2 Å². The third kappa shape index (κ3) is 3.71. The summed E-state index contributed by atoms with van der Waals surface area (Å²) in [5.74, 6) is 1.77. The Morgan fingerprint density at radius 3 is 2.63 bits per heavy atom. The number of nitrogens with zero attached hydrogens (tertiary/aromatic N) is 2. The summed E-state index contributed by atoms with van der Waals surface area (Å²) in [5, 5.41) is 6.85. The molecule has 0 spiro atoms. The number of rotatable bonds is 6. The van der Waals surface area contributed by atoms with Crippen LogP contribution < -0.4 is 0 Å². The van der Waals surface area contributed by atoms with Crippen molar-refractivity contribution in [2.45, 2.75) is 30.6 Å². The quantitative estimate of drug-likeness (QED) is 0.876. The highest BCUT2D eigenvalue weighted by atomic mass is 32.2. The minimum absolute atomic E-state index is 0.358. The number of benzene rings is 1. The number of hydrogen-bond acceptors (Lipinski definition) is 4. The Kier molecular flexibility index (Phi) is 4.81. The maximum atomic E-state index is 12.2. The van der Waals surface area contributed by atoms with Gasteiger partial charge in [0.15, 0.2) is 0 Å². The van der Waals surface area contributed by atoms with Crippen LogP contribution in [0.25, 0.3) is 0 Å². The predicted octanol–water partition coefficient (Wildman–Crippen LogP) is 1.82. The molecule has 2 rings (SSSR count). The molecular formula is C13H17N3O2S. The summed E-state index contributed by atoms with van der Waals surface area (Å²) in [4.78, 5) is 5.05. The van der Waals surface area contributed by atoms with Gasteiger partial charge in [-0.2, -0.15) is 5.10 Å². The van der Waals surface area contributed by atoms with E-state index in [9.17, 15) is 4.21 Å². The van der Waals surface area contributed by atoms with Crippen LogP contribution >= 0.6 is 0 Å². The summed E-state index contributed by atoms with van der Waals surface area (Å²) in [6, 6.07) is 7.58. The average Bonchev–Trinajstić information content (AvgIpc) is 2.87. The highest BCUT2D eigenvalue weighted by Gasteiger charge is 2.09. The molecule has 0 aliphatic carbocycles. The zero-order valence-corrected chi connectivity index (χ0v) is 11.9. The lowest BCUT2D eigenvalue weighted by atomic mass is 10.2. The summed E-state index contributed by atoms with van der Waals surface area (Å²) in [5.41, 5.74) is 1.07. The Morgan fingerprint density at radius 1 is 1.32 bits per heavy atom. The van der Waals surface area contributed by atoms with Crippen molar-refractivity contribution in [1.82, 2.24) is 15.2 Å². The van der Waals surface area contributed by atoms with Gasteiger partial charge < -0.3 is 4.74 Å². The largest absolute Gasteiger partial charge is 0.380 e. The second-order valence-electron chi connectivity index (χ2n) is 4.12. The molecule has 0 aliphatic rings. The zero-order valence-electron chi connectivity index (χ0n) is 11.0. The number of aryl methyl sites for hydroxylation is 1. The Bertz CT molecular complexity index is 551. The minimum atomic E-state index is -1.11. The van der Waals surface area contributed by atoms with E-state index in [0.717, 1.165) is 22.7 Å². The SMILES string of the molecule is CCc1n[nH]c(CS(=O)c2ccc(COC)cc2)n1. The summed E-state index contributed by atoms with van der Waals surface area (Å²) in [6.07, 6.45) is 0.773. The van der Waals surface area contributed by atoms with E-state index in [1.165, 1.54) is 0 Å². The second-order valence-corrected chi connectivity index (χ2v) is 5.57. The first kappa shape index (κ1) is 13.9. The van der Waals surface area contributed by atoms with Crippen molar-refractivity contribution in [3.05, 3.63) is 41.5 Å². The number of ether oxygens (including phenoxy) is 1. The van der Waals surface area contributed by atoms with E-state index in [-0.39, 0.29) is 0 Å².